The standard InChI is InChI=1S/C15H17NO2/c1-5-10-6-7-12-11(8-10)13(9-16-12)18-14(17)15(2,3)4/h5-9,16H,1H2,2-4H3. The van der Waals surface area contributed by atoms with E-state index in [1.54, 1.807) is 12.3 Å². The molecule has 1 aromatic heterocycles. The van der Waals surface area contributed by atoms with Crippen molar-refractivity contribution in [1.82, 2.24) is 4.98 Å². The highest BCUT2D eigenvalue weighted by Gasteiger charge is 2.24. The molecule has 0 atom stereocenters. The summed E-state index contributed by atoms with van der Waals surface area (Å²) in [7, 11) is 0. The number of benzene rings is 1. The molecule has 1 N–H and O–H groups in total. The van der Waals surface area contributed by atoms with Gasteiger partial charge in [-0.2, -0.15) is 0 Å². The largest absolute Gasteiger partial charge is 0.424 e. The average Bonchev–Trinajstić information content (AvgIpc) is 2.70. The zero-order valence-corrected chi connectivity index (χ0v) is 10.9. The molecule has 1 heterocycles. The lowest BCUT2D eigenvalue weighted by molar-refractivity contribution is -0.142. The lowest BCUT2D eigenvalue weighted by Crippen LogP contribution is -2.25. The van der Waals surface area contributed by atoms with Crippen LogP contribution in [0.25, 0.3) is 17.0 Å². The first-order chi connectivity index (χ1) is 8.41. The molecule has 0 saturated carbocycles. The van der Waals surface area contributed by atoms with Crippen molar-refractivity contribution < 1.29 is 9.53 Å². The van der Waals surface area contributed by atoms with Crippen LogP contribution in [0.4, 0.5) is 0 Å². The van der Waals surface area contributed by atoms with Crippen molar-refractivity contribution in [3.8, 4) is 5.75 Å². The highest BCUT2D eigenvalue weighted by Crippen LogP contribution is 2.28. The molecule has 0 radical (unpaired) electrons. The smallest absolute Gasteiger partial charge is 0.316 e. The van der Waals surface area contributed by atoms with E-state index in [4.69, 9.17) is 4.74 Å². The number of esters is 1. The molecular formula is C15H17NO2. The van der Waals surface area contributed by atoms with Crippen molar-refractivity contribution in [2.24, 2.45) is 5.41 Å². The first-order valence-corrected chi connectivity index (χ1v) is 5.87. The van der Waals surface area contributed by atoms with Gasteiger partial charge in [0.15, 0.2) is 5.75 Å². The first-order valence-electron chi connectivity index (χ1n) is 5.87. The first kappa shape index (κ1) is 12.4. The zero-order valence-electron chi connectivity index (χ0n) is 10.9. The van der Waals surface area contributed by atoms with Crippen LogP contribution in [0.15, 0.2) is 31.0 Å². The van der Waals surface area contributed by atoms with Crippen molar-refractivity contribution in [1.29, 1.82) is 0 Å². The Morgan fingerprint density at radius 1 is 1.39 bits per heavy atom. The molecule has 0 bridgehead atoms. The molecule has 0 aliphatic rings. The molecule has 3 nitrogen and oxygen atoms in total. The van der Waals surface area contributed by atoms with Crippen molar-refractivity contribution in [2.45, 2.75) is 20.8 Å². The zero-order chi connectivity index (χ0) is 13.3. The monoisotopic (exact) mass is 243 g/mol. The fourth-order valence-electron chi connectivity index (χ4n) is 1.58. The second-order valence-corrected chi connectivity index (χ2v) is 5.30. The summed E-state index contributed by atoms with van der Waals surface area (Å²) < 4.78 is 5.43. The minimum Gasteiger partial charge on any atom is -0.424 e. The van der Waals surface area contributed by atoms with Crippen LogP contribution in [0.1, 0.15) is 26.3 Å². The van der Waals surface area contributed by atoms with Gasteiger partial charge in [-0.25, -0.2) is 0 Å². The van der Waals surface area contributed by atoms with Crippen LogP contribution in [0, 0.1) is 5.41 Å². The second-order valence-electron chi connectivity index (χ2n) is 5.30. The highest BCUT2D eigenvalue weighted by atomic mass is 16.5. The number of hydrogen-bond donors (Lipinski definition) is 1. The summed E-state index contributed by atoms with van der Waals surface area (Å²) >= 11 is 0. The van der Waals surface area contributed by atoms with Crippen LogP contribution in [-0.4, -0.2) is 11.0 Å². The van der Waals surface area contributed by atoms with Gasteiger partial charge < -0.3 is 9.72 Å². The van der Waals surface area contributed by atoms with Gasteiger partial charge in [0, 0.05) is 17.1 Å². The molecule has 0 spiro atoms. The van der Waals surface area contributed by atoms with Crippen molar-refractivity contribution >= 4 is 22.9 Å². The predicted octanol–water partition coefficient (Wildman–Crippen LogP) is 3.76. The van der Waals surface area contributed by atoms with Crippen molar-refractivity contribution in [3.05, 3.63) is 36.5 Å². The number of aromatic nitrogens is 1. The summed E-state index contributed by atoms with van der Waals surface area (Å²) in [5.41, 5.74) is 1.42. The molecule has 94 valence electrons. The van der Waals surface area contributed by atoms with Gasteiger partial charge in [0.05, 0.1) is 5.41 Å². The summed E-state index contributed by atoms with van der Waals surface area (Å²) in [4.78, 5) is 15.0. The molecule has 0 aliphatic carbocycles. The van der Waals surface area contributed by atoms with E-state index in [1.165, 1.54) is 0 Å². The quantitative estimate of drug-likeness (QED) is 0.816. The predicted molar refractivity (Wildman–Crippen MR) is 73.5 cm³/mol. The van der Waals surface area contributed by atoms with E-state index < -0.39 is 5.41 Å². The summed E-state index contributed by atoms with van der Waals surface area (Å²) in [5, 5.41) is 0.894. The highest BCUT2D eigenvalue weighted by molar-refractivity contribution is 5.91. The lowest BCUT2D eigenvalue weighted by atomic mass is 9.97. The number of rotatable bonds is 2. The van der Waals surface area contributed by atoms with Gasteiger partial charge in [-0.05, 0) is 38.5 Å². The number of nitrogens with one attached hydrogen (secondary N) is 1. The molecule has 18 heavy (non-hydrogen) atoms. The van der Waals surface area contributed by atoms with E-state index >= 15 is 0 Å². The van der Waals surface area contributed by atoms with Crippen LogP contribution in [-0.2, 0) is 4.79 Å². The second kappa shape index (κ2) is 4.33. The van der Waals surface area contributed by atoms with Crippen molar-refractivity contribution in [2.75, 3.05) is 0 Å². The van der Waals surface area contributed by atoms with E-state index in [0.717, 1.165) is 16.5 Å². The summed E-state index contributed by atoms with van der Waals surface area (Å²) in [5.74, 6) is 0.320. The maximum Gasteiger partial charge on any atom is 0.316 e. The third kappa shape index (κ3) is 2.30. The molecule has 2 rings (SSSR count). The number of carbonyl (C=O) groups is 1. The molecule has 0 aliphatic heterocycles. The average molecular weight is 243 g/mol. The molecule has 3 heteroatoms. The molecule has 0 unspecified atom stereocenters. The van der Waals surface area contributed by atoms with Crippen molar-refractivity contribution in [3.63, 3.8) is 0 Å². The SMILES string of the molecule is C=Cc1ccc2[nH]cc(OC(=O)C(C)(C)C)c2c1. The Morgan fingerprint density at radius 2 is 2.11 bits per heavy atom. The molecule has 1 aromatic carbocycles. The van der Waals surface area contributed by atoms with Gasteiger partial charge in [0.1, 0.15) is 0 Å². The molecule has 2 aromatic rings. The third-order valence-corrected chi connectivity index (χ3v) is 2.72. The van der Waals surface area contributed by atoms with E-state index in [-0.39, 0.29) is 5.97 Å². The Hall–Kier alpha value is -2.03. The van der Waals surface area contributed by atoms with Crippen LogP contribution >= 0.6 is 0 Å². The summed E-state index contributed by atoms with van der Waals surface area (Å²) in [6, 6.07) is 5.85. The van der Waals surface area contributed by atoms with Crippen LogP contribution < -0.4 is 4.74 Å². The third-order valence-electron chi connectivity index (χ3n) is 2.72. The maximum atomic E-state index is 11.9. The van der Waals surface area contributed by atoms with Crippen LogP contribution in [0.3, 0.4) is 0 Å². The topological polar surface area (TPSA) is 42.1 Å². The molecule has 0 amide bonds. The normalized spacial score (nSPS) is 11.5. The fourth-order valence-corrected chi connectivity index (χ4v) is 1.58. The van der Waals surface area contributed by atoms with E-state index in [0.29, 0.717) is 5.75 Å². The number of H-pyrrole nitrogens is 1. The molecule has 0 saturated heterocycles. The van der Waals surface area contributed by atoms with Gasteiger partial charge in [-0.1, -0.05) is 18.7 Å². The number of ether oxygens (including phenoxy) is 1. The van der Waals surface area contributed by atoms with Gasteiger partial charge in [-0.3, -0.25) is 4.79 Å². The minimum absolute atomic E-state index is 0.243. The van der Waals surface area contributed by atoms with E-state index in [1.807, 2.05) is 39.0 Å². The van der Waals surface area contributed by atoms with Gasteiger partial charge in [0.25, 0.3) is 0 Å². The Morgan fingerprint density at radius 3 is 2.72 bits per heavy atom. The van der Waals surface area contributed by atoms with Gasteiger partial charge in [-0.15, -0.1) is 0 Å². The summed E-state index contributed by atoms with van der Waals surface area (Å²) in [6.07, 6.45) is 3.48. The lowest BCUT2D eigenvalue weighted by Gasteiger charge is -2.15. The summed E-state index contributed by atoms with van der Waals surface area (Å²) in [6.45, 7) is 9.23. The van der Waals surface area contributed by atoms with Gasteiger partial charge >= 0.3 is 5.97 Å². The number of carbonyl (C=O) groups excluding carboxylic acids is 1. The number of hydrogen-bond acceptors (Lipinski definition) is 2. The Kier molecular flexibility index (Phi) is 2.99. The molecule has 0 fully saturated rings. The van der Waals surface area contributed by atoms with Crippen LogP contribution in [0.5, 0.6) is 5.75 Å². The maximum absolute atomic E-state index is 11.9. The Bertz CT molecular complexity index is 602. The Labute approximate surface area is 106 Å². The minimum atomic E-state index is -0.514. The van der Waals surface area contributed by atoms with Gasteiger partial charge in [0.2, 0.25) is 0 Å². The fraction of sp³-hybridized carbons (Fsp3) is 0.267. The molecular weight excluding hydrogens is 226 g/mol. The van der Waals surface area contributed by atoms with E-state index in [2.05, 4.69) is 11.6 Å². The Balaban J connectivity index is 2.40. The number of aromatic amines is 1. The van der Waals surface area contributed by atoms with E-state index in [9.17, 15) is 4.79 Å². The number of fused-ring (bicyclic) bond motifs is 1. The van der Waals surface area contributed by atoms with Crippen LogP contribution in [0.2, 0.25) is 0 Å².